The Morgan fingerprint density at radius 2 is 1.47 bits per heavy atom. The van der Waals surface area contributed by atoms with Gasteiger partial charge in [0.15, 0.2) is 0 Å². The largest absolute Gasteiger partial charge is 0.383 e. The van der Waals surface area contributed by atoms with Crippen molar-refractivity contribution in [3.05, 3.63) is 35.9 Å². The fourth-order valence-corrected chi connectivity index (χ4v) is 7.84. The molecule has 0 unspecified atom stereocenters. The van der Waals surface area contributed by atoms with Crippen LogP contribution in [0.1, 0.15) is 78.2 Å². The van der Waals surface area contributed by atoms with Crippen molar-refractivity contribution in [1.29, 1.82) is 0 Å². The number of thioether (sulfide) groups is 1. The van der Waals surface area contributed by atoms with Gasteiger partial charge in [0, 0.05) is 38.7 Å². The molecule has 0 aliphatic carbocycles. The lowest BCUT2D eigenvalue weighted by atomic mass is 9.96. The molecule has 378 valence electrons. The van der Waals surface area contributed by atoms with Crippen LogP contribution in [0.5, 0.6) is 0 Å². The Kier molecular flexibility index (Phi) is 25.6. The molecule has 68 heavy (non-hydrogen) atoms. The molecule has 1 aromatic rings. The molecule has 1 heterocycles. The van der Waals surface area contributed by atoms with Crippen molar-refractivity contribution in [2.75, 3.05) is 44.9 Å². The lowest BCUT2D eigenvalue weighted by Gasteiger charge is -2.30. The number of carbonyl (C=O) groups is 11. The highest BCUT2D eigenvalue weighted by atomic mass is 32.2. The molecule has 1 aliphatic rings. The van der Waals surface area contributed by atoms with Gasteiger partial charge < -0.3 is 64.1 Å². The molecule has 23 nitrogen and oxygen atoms in total. The third kappa shape index (κ3) is 21.6. The second-order valence-electron chi connectivity index (χ2n) is 16.9. The zero-order valence-corrected chi connectivity index (χ0v) is 40.2. The molecule has 0 spiro atoms. The summed E-state index contributed by atoms with van der Waals surface area (Å²) in [5.41, 5.74) is 16.8. The van der Waals surface area contributed by atoms with Crippen molar-refractivity contribution in [2.24, 2.45) is 29.0 Å². The zero-order chi connectivity index (χ0) is 50.9. The number of hydrogen-bond acceptors (Lipinski definition) is 13. The number of nitrogens with one attached hydrogen (secondary N) is 7. The van der Waals surface area contributed by atoms with Gasteiger partial charge in [0.1, 0.15) is 36.3 Å². The fourth-order valence-electron chi connectivity index (χ4n) is 6.87. The highest BCUT2D eigenvalue weighted by molar-refractivity contribution is 7.99. The maximum Gasteiger partial charge on any atom is 0.246 e. The van der Waals surface area contributed by atoms with E-state index in [2.05, 4.69) is 37.2 Å². The zero-order valence-electron chi connectivity index (χ0n) is 39.4. The van der Waals surface area contributed by atoms with E-state index in [1.807, 2.05) is 0 Å². The average Bonchev–Trinajstić information content (AvgIpc) is 3.27. The molecule has 7 atom stereocenters. The summed E-state index contributed by atoms with van der Waals surface area (Å²) >= 11 is 1.15. The summed E-state index contributed by atoms with van der Waals surface area (Å²) in [5, 5.41) is 18.0. The summed E-state index contributed by atoms with van der Waals surface area (Å²) in [6.07, 6.45) is -0.783. The maximum absolute atomic E-state index is 14.4. The first kappa shape index (κ1) is 57.8. The molecule has 0 radical (unpaired) electrons. The molecule has 1 fully saturated rings. The predicted molar refractivity (Wildman–Crippen MR) is 250 cm³/mol. The second kappa shape index (κ2) is 30.2. The van der Waals surface area contributed by atoms with Crippen molar-refractivity contribution >= 4 is 76.7 Å². The summed E-state index contributed by atoms with van der Waals surface area (Å²) in [7, 11) is 1.36. The minimum absolute atomic E-state index is 0.0643. The number of nitrogens with two attached hydrogens (primary N) is 3. The number of amides is 11. The van der Waals surface area contributed by atoms with Crippen LogP contribution in [0, 0.1) is 11.8 Å². The first-order chi connectivity index (χ1) is 32.1. The van der Waals surface area contributed by atoms with Gasteiger partial charge in [0.2, 0.25) is 65.0 Å². The summed E-state index contributed by atoms with van der Waals surface area (Å²) in [4.78, 5) is 147. The quantitative estimate of drug-likeness (QED) is 0.0587. The van der Waals surface area contributed by atoms with Gasteiger partial charge in [-0.1, -0.05) is 64.4 Å². The van der Waals surface area contributed by atoms with Gasteiger partial charge in [0.25, 0.3) is 0 Å². The molecule has 1 saturated heterocycles. The van der Waals surface area contributed by atoms with Gasteiger partial charge in [0.05, 0.1) is 26.1 Å². The molecule has 2 rings (SSSR count). The Labute approximate surface area is 400 Å². The molecule has 0 aromatic heterocycles. The first-order valence-electron chi connectivity index (χ1n) is 22.5. The molecular weight excluding hydrogens is 907 g/mol. The Morgan fingerprint density at radius 3 is 2.07 bits per heavy atom. The molecule has 13 N–H and O–H groups in total. The van der Waals surface area contributed by atoms with E-state index in [1.165, 1.54) is 7.11 Å². The molecular formula is C44H69N11O12S. The van der Waals surface area contributed by atoms with E-state index in [9.17, 15) is 52.7 Å². The van der Waals surface area contributed by atoms with Crippen LogP contribution < -0.4 is 54.4 Å². The van der Waals surface area contributed by atoms with E-state index < -0.39 is 133 Å². The van der Waals surface area contributed by atoms with Crippen LogP contribution in [0.3, 0.4) is 0 Å². The van der Waals surface area contributed by atoms with Crippen LogP contribution in [0.4, 0.5) is 0 Å². The molecule has 0 bridgehead atoms. The minimum Gasteiger partial charge on any atom is -0.383 e. The normalized spacial score (nSPS) is 21.0. The third-order valence-corrected chi connectivity index (χ3v) is 11.8. The number of primary amides is 3. The van der Waals surface area contributed by atoms with Crippen LogP contribution in [0.2, 0.25) is 0 Å². The van der Waals surface area contributed by atoms with Crippen molar-refractivity contribution < 1.29 is 57.5 Å². The van der Waals surface area contributed by atoms with Crippen LogP contribution in [-0.4, -0.2) is 151 Å². The smallest absolute Gasteiger partial charge is 0.246 e. The average molecular weight is 976 g/mol. The van der Waals surface area contributed by atoms with Crippen LogP contribution in [-0.2, 0) is 63.9 Å². The molecule has 0 saturated carbocycles. The maximum atomic E-state index is 14.4. The monoisotopic (exact) mass is 975 g/mol. The number of carbonyl (C=O) groups excluding carboxylic acids is 11. The Morgan fingerprint density at radius 1 is 0.824 bits per heavy atom. The van der Waals surface area contributed by atoms with E-state index in [0.717, 1.165) is 16.7 Å². The van der Waals surface area contributed by atoms with E-state index in [1.54, 1.807) is 58.0 Å². The van der Waals surface area contributed by atoms with Gasteiger partial charge in [-0.2, -0.15) is 11.8 Å². The lowest BCUT2D eigenvalue weighted by Crippen LogP contribution is -2.61. The number of hydrogen-bond donors (Lipinski definition) is 10. The molecule has 24 heteroatoms. The van der Waals surface area contributed by atoms with Gasteiger partial charge in [-0.3, -0.25) is 52.7 Å². The van der Waals surface area contributed by atoms with Crippen LogP contribution >= 0.6 is 11.8 Å². The minimum atomic E-state index is -1.74. The van der Waals surface area contributed by atoms with Gasteiger partial charge in [-0.15, -0.1) is 0 Å². The third-order valence-electron chi connectivity index (χ3n) is 10.7. The van der Waals surface area contributed by atoms with Crippen molar-refractivity contribution in [3.63, 3.8) is 0 Å². The van der Waals surface area contributed by atoms with Gasteiger partial charge >= 0.3 is 0 Å². The highest BCUT2D eigenvalue weighted by Crippen LogP contribution is 2.15. The standard InChI is InChI=1S/C44H69N11O12S/c1-6-26(4)38-43(65)51-28(14-15-33(45)56)40(62)52-31(21-34(46)57)41(63)53-32(24-68-18-10-13-36(59)49-30(42(64)54-38)20-27-11-8-7-9-12-27)44(66)55(16-17-67-5)23-37(60)50-29(19-25(2)3)39(61)48-22-35(47)58/h7-9,11-12,25-26,28-32,38H,6,10,13-24H2,1-5H3,(H2,45,56)(H2,46,57)(H2,47,58)(H,48,61)(H,49,59)(H,50,60)(H,51,65)(H,52,62)(H,53,63)(H,54,64)/t26-,28-,29-,30-,31-,32-,38-/m0/s1. The molecule has 1 aromatic carbocycles. The van der Waals surface area contributed by atoms with Crippen molar-refractivity contribution in [3.8, 4) is 0 Å². The van der Waals surface area contributed by atoms with E-state index >= 15 is 0 Å². The SMILES string of the molecule is CC[C@H](C)[C@@H]1NC(=O)[C@H](Cc2ccccc2)NC(=O)CCCSC[C@@H](C(=O)N(CCOC)CC(=O)N[C@@H](CC(C)C)C(=O)NCC(N)=O)NC(=O)[C@H](CC(N)=O)NC(=O)[C@H](CCC(N)=O)NC1=O. The van der Waals surface area contributed by atoms with Gasteiger partial charge in [-0.05, 0) is 42.4 Å². The topological polar surface area (TPSA) is 363 Å². The van der Waals surface area contributed by atoms with E-state index in [4.69, 9.17) is 21.9 Å². The number of ether oxygens (including phenoxy) is 1. The van der Waals surface area contributed by atoms with Gasteiger partial charge in [-0.25, -0.2) is 0 Å². The first-order valence-corrected chi connectivity index (χ1v) is 23.6. The van der Waals surface area contributed by atoms with E-state index in [-0.39, 0.29) is 62.7 Å². The lowest BCUT2D eigenvalue weighted by molar-refractivity contribution is -0.141. The number of methoxy groups -OCH3 is 1. The predicted octanol–water partition coefficient (Wildman–Crippen LogP) is -3.03. The summed E-state index contributed by atoms with van der Waals surface area (Å²) in [6, 6.07) is 0.627. The molecule has 1 aliphatic heterocycles. The number of rotatable bonds is 21. The Bertz CT molecular complexity index is 1920. The Balaban J connectivity index is 2.62. The highest BCUT2D eigenvalue weighted by Gasteiger charge is 2.36. The Hall–Kier alpha value is -6.30. The van der Waals surface area contributed by atoms with Crippen molar-refractivity contribution in [2.45, 2.75) is 115 Å². The fraction of sp³-hybridized carbons (Fsp3) is 0.614. The summed E-state index contributed by atoms with van der Waals surface area (Å²) < 4.78 is 5.20. The number of benzene rings is 1. The van der Waals surface area contributed by atoms with E-state index in [0.29, 0.717) is 12.0 Å². The summed E-state index contributed by atoms with van der Waals surface area (Å²) in [6.45, 7) is 5.71. The second-order valence-corrected chi connectivity index (χ2v) is 18.1. The van der Waals surface area contributed by atoms with Crippen molar-refractivity contribution in [1.82, 2.24) is 42.1 Å². The summed E-state index contributed by atoms with van der Waals surface area (Å²) in [5.74, 6) is -9.56. The van der Waals surface area contributed by atoms with Crippen LogP contribution in [0.15, 0.2) is 30.3 Å². The van der Waals surface area contributed by atoms with Crippen LogP contribution in [0.25, 0.3) is 0 Å². The molecule has 11 amide bonds. The number of nitrogens with zero attached hydrogens (tertiary/aromatic N) is 1.